The average molecular weight is 328 g/mol. The SMILES string of the molecule is C[C@@H]1CN(S(=O)(=O)N2CCc3ccc(F)cc3[C@H]2C)CCO1. The smallest absolute Gasteiger partial charge is 0.282 e. The van der Waals surface area contributed by atoms with Gasteiger partial charge in [0.15, 0.2) is 0 Å². The molecular weight excluding hydrogens is 307 g/mol. The van der Waals surface area contributed by atoms with Gasteiger partial charge >= 0.3 is 0 Å². The summed E-state index contributed by atoms with van der Waals surface area (Å²) in [5.74, 6) is -0.329. The molecule has 1 fully saturated rings. The molecule has 22 heavy (non-hydrogen) atoms. The summed E-state index contributed by atoms with van der Waals surface area (Å²) in [7, 11) is -3.56. The Morgan fingerprint density at radius 2 is 2.05 bits per heavy atom. The summed E-state index contributed by atoms with van der Waals surface area (Å²) in [4.78, 5) is 0. The first-order valence-electron chi connectivity index (χ1n) is 7.56. The van der Waals surface area contributed by atoms with Gasteiger partial charge in [-0.3, -0.25) is 0 Å². The molecule has 7 heteroatoms. The highest BCUT2D eigenvalue weighted by Gasteiger charge is 2.38. The zero-order valence-corrected chi connectivity index (χ0v) is 13.6. The fourth-order valence-electron chi connectivity index (χ4n) is 3.22. The molecule has 3 rings (SSSR count). The maximum Gasteiger partial charge on any atom is 0.282 e. The maximum atomic E-state index is 13.5. The van der Waals surface area contributed by atoms with Crippen molar-refractivity contribution in [1.29, 1.82) is 0 Å². The van der Waals surface area contributed by atoms with Crippen LogP contribution in [0.15, 0.2) is 18.2 Å². The highest BCUT2D eigenvalue weighted by Crippen LogP contribution is 2.33. The predicted octanol–water partition coefficient (Wildman–Crippen LogP) is 1.71. The molecule has 0 saturated carbocycles. The van der Waals surface area contributed by atoms with Crippen LogP contribution in [0.3, 0.4) is 0 Å². The largest absolute Gasteiger partial charge is 0.376 e. The van der Waals surface area contributed by atoms with Crippen LogP contribution in [0.1, 0.15) is 31.0 Å². The monoisotopic (exact) mass is 328 g/mol. The molecule has 122 valence electrons. The second kappa shape index (κ2) is 5.88. The van der Waals surface area contributed by atoms with Gasteiger partial charge in [-0.25, -0.2) is 4.39 Å². The maximum absolute atomic E-state index is 13.5. The number of morpholine rings is 1. The van der Waals surface area contributed by atoms with Crippen molar-refractivity contribution in [3.63, 3.8) is 0 Å². The minimum absolute atomic E-state index is 0.103. The van der Waals surface area contributed by atoms with Crippen LogP contribution in [0.25, 0.3) is 0 Å². The van der Waals surface area contributed by atoms with Gasteiger partial charge in [0.1, 0.15) is 5.82 Å². The Bertz CT molecular complexity index is 665. The molecule has 0 bridgehead atoms. The Kier molecular flexibility index (Phi) is 4.24. The topological polar surface area (TPSA) is 49.9 Å². The first kappa shape index (κ1) is 15.9. The molecule has 0 N–H and O–H groups in total. The highest BCUT2D eigenvalue weighted by molar-refractivity contribution is 7.86. The molecule has 1 saturated heterocycles. The Morgan fingerprint density at radius 3 is 2.77 bits per heavy atom. The summed E-state index contributed by atoms with van der Waals surface area (Å²) in [6, 6.07) is 4.27. The summed E-state index contributed by atoms with van der Waals surface area (Å²) in [6.07, 6.45) is 0.507. The fraction of sp³-hybridized carbons (Fsp3) is 0.600. The molecule has 1 aromatic carbocycles. The summed E-state index contributed by atoms with van der Waals surface area (Å²) >= 11 is 0. The van der Waals surface area contributed by atoms with Gasteiger partial charge in [-0.1, -0.05) is 6.07 Å². The van der Waals surface area contributed by atoms with E-state index in [1.165, 1.54) is 20.7 Å². The third-order valence-corrected chi connectivity index (χ3v) is 6.49. The van der Waals surface area contributed by atoms with Gasteiger partial charge in [0.25, 0.3) is 10.2 Å². The van der Waals surface area contributed by atoms with E-state index in [0.29, 0.717) is 32.7 Å². The van der Waals surface area contributed by atoms with E-state index in [0.717, 1.165) is 11.1 Å². The molecule has 2 atom stereocenters. The second-order valence-electron chi connectivity index (χ2n) is 5.93. The molecule has 0 aliphatic carbocycles. The highest BCUT2D eigenvalue weighted by atomic mass is 32.2. The van der Waals surface area contributed by atoms with Gasteiger partial charge in [-0.15, -0.1) is 0 Å². The van der Waals surface area contributed by atoms with Crippen LogP contribution in [0.4, 0.5) is 4.39 Å². The summed E-state index contributed by atoms with van der Waals surface area (Å²) < 4.78 is 47.7. The molecule has 0 radical (unpaired) electrons. The van der Waals surface area contributed by atoms with E-state index in [9.17, 15) is 12.8 Å². The molecule has 0 spiro atoms. The number of nitrogens with zero attached hydrogens (tertiary/aromatic N) is 2. The van der Waals surface area contributed by atoms with Crippen molar-refractivity contribution in [1.82, 2.24) is 8.61 Å². The molecule has 1 aromatic rings. The minimum Gasteiger partial charge on any atom is -0.376 e. The number of ether oxygens (including phenoxy) is 1. The normalized spacial score (nSPS) is 27.6. The lowest BCUT2D eigenvalue weighted by Crippen LogP contribution is -2.52. The van der Waals surface area contributed by atoms with Gasteiger partial charge in [0, 0.05) is 25.7 Å². The lowest BCUT2D eigenvalue weighted by molar-refractivity contribution is 0.00772. The summed E-state index contributed by atoms with van der Waals surface area (Å²) in [6.45, 7) is 5.25. The van der Waals surface area contributed by atoms with Crippen molar-refractivity contribution in [2.75, 3.05) is 26.2 Å². The van der Waals surface area contributed by atoms with Crippen molar-refractivity contribution in [2.24, 2.45) is 0 Å². The van der Waals surface area contributed by atoms with Crippen molar-refractivity contribution < 1.29 is 17.5 Å². The van der Waals surface area contributed by atoms with Crippen molar-refractivity contribution >= 4 is 10.2 Å². The van der Waals surface area contributed by atoms with E-state index in [1.807, 2.05) is 13.8 Å². The Morgan fingerprint density at radius 1 is 1.27 bits per heavy atom. The van der Waals surface area contributed by atoms with Crippen molar-refractivity contribution in [3.05, 3.63) is 35.1 Å². The lowest BCUT2D eigenvalue weighted by Gasteiger charge is -2.39. The van der Waals surface area contributed by atoms with E-state index in [1.54, 1.807) is 6.07 Å². The zero-order chi connectivity index (χ0) is 15.9. The second-order valence-corrected chi connectivity index (χ2v) is 7.81. The predicted molar refractivity (Wildman–Crippen MR) is 81.1 cm³/mol. The van der Waals surface area contributed by atoms with Crippen LogP contribution >= 0.6 is 0 Å². The first-order valence-corrected chi connectivity index (χ1v) is 8.96. The quantitative estimate of drug-likeness (QED) is 0.830. The van der Waals surface area contributed by atoms with Crippen molar-refractivity contribution in [2.45, 2.75) is 32.4 Å². The van der Waals surface area contributed by atoms with Gasteiger partial charge in [0.05, 0.1) is 12.7 Å². The Balaban J connectivity index is 1.89. The zero-order valence-electron chi connectivity index (χ0n) is 12.8. The Labute approximate surface area is 130 Å². The van der Waals surface area contributed by atoms with Crippen molar-refractivity contribution in [3.8, 4) is 0 Å². The van der Waals surface area contributed by atoms with Crippen LogP contribution in [-0.4, -0.2) is 49.4 Å². The van der Waals surface area contributed by atoms with Crippen LogP contribution in [0.2, 0.25) is 0 Å². The van der Waals surface area contributed by atoms with Crippen LogP contribution in [0.5, 0.6) is 0 Å². The molecule has 2 heterocycles. The van der Waals surface area contributed by atoms with E-state index in [2.05, 4.69) is 0 Å². The van der Waals surface area contributed by atoms with Crippen LogP contribution in [-0.2, 0) is 21.4 Å². The third kappa shape index (κ3) is 2.78. The summed E-state index contributed by atoms with van der Waals surface area (Å²) in [5, 5.41) is 0. The van der Waals surface area contributed by atoms with Crippen LogP contribution in [0, 0.1) is 5.82 Å². The van der Waals surface area contributed by atoms with E-state index in [4.69, 9.17) is 4.74 Å². The molecule has 2 aliphatic rings. The standard InChI is InChI=1S/C15H21FN2O3S/c1-11-10-17(7-8-21-11)22(19,20)18-6-5-13-3-4-14(16)9-15(13)12(18)2/h3-4,9,11-12H,5-8,10H2,1-2H3/t11-,12-/m1/s1. The number of hydrogen-bond acceptors (Lipinski definition) is 3. The van der Waals surface area contributed by atoms with Gasteiger partial charge in [0.2, 0.25) is 0 Å². The van der Waals surface area contributed by atoms with Gasteiger partial charge in [-0.05, 0) is 43.5 Å². The van der Waals surface area contributed by atoms with E-state index >= 15 is 0 Å². The summed E-state index contributed by atoms with van der Waals surface area (Å²) in [5.41, 5.74) is 1.78. The van der Waals surface area contributed by atoms with Gasteiger partial charge < -0.3 is 4.74 Å². The molecule has 0 aromatic heterocycles. The number of halogens is 1. The Hall–Kier alpha value is -1.02. The van der Waals surface area contributed by atoms with E-state index in [-0.39, 0.29) is 18.0 Å². The fourth-order valence-corrected chi connectivity index (χ4v) is 5.06. The average Bonchev–Trinajstić information content (AvgIpc) is 2.48. The molecular formula is C15H21FN2O3S. The molecule has 0 amide bonds. The number of hydrogen-bond donors (Lipinski definition) is 0. The molecule has 0 unspecified atom stereocenters. The van der Waals surface area contributed by atoms with Crippen LogP contribution < -0.4 is 0 Å². The molecule has 5 nitrogen and oxygen atoms in total. The van der Waals surface area contributed by atoms with E-state index < -0.39 is 10.2 Å². The molecule has 2 aliphatic heterocycles. The first-order chi connectivity index (χ1) is 10.4. The van der Waals surface area contributed by atoms with Gasteiger partial charge in [-0.2, -0.15) is 17.0 Å². The number of benzene rings is 1. The third-order valence-electron chi connectivity index (χ3n) is 4.42. The lowest BCUT2D eigenvalue weighted by atomic mass is 9.95. The minimum atomic E-state index is -3.56. The number of fused-ring (bicyclic) bond motifs is 1. The number of rotatable bonds is 2.